The molecule has 0 saturated carbocycles. The van der Waals surface area contributed by atoms with E-state index in [1.807, 2.05) is 48.5 Å². The second kappa shape index (κ2) is 7.01. The molecule has 25 heavy (non-hydrogen) atoms. The van der Waals surface area contributed by atoms with Crippen LogP contribution in [0.2, 0.25) is 0 Å². The van der Waals surface area contributed by atoms with Gasteiger partial charge < -0.3 is 10.1 Å². The van der Waals surface area contributed by atoms with Crippen molar-refractivity contribution in [3.8, 4) is 17.1 Å². The molecule has 126 valence electrons. The van der Waals surface area contributed by atoms with Crippen molar-refractivity contribution in [2.75, 3.05) is 11.1 Å². The van der Waals surface area contributed by atoms with E-state index in [0.717, 1.165) is 27.0 Å². The minimum Gasteiger partial charge on any atom is -0.448 e. The molecule has 4 rings (SSSR count). The first-order chi connectivity index (χ1) is 12.2. The van der Waals surface area contributed by atoms with Crippen LogP contribution in [0.3, 0.4) is 0 Å². The molecule has 1 unspecified atom stereocenters. The molecule has 0 bridgehead atoms. The first-order valence-corrected chi connectivity index (χ1v) is 9.68. The largest absolute Gasteiger partial charge is 0.448 e. The molecule has 0 spiro atoms. The molecule has 2 heterocycles. The molecule has 5 nitrogen and oxygen atoms in total. The SMILES string of the molecule is CCSc1nnc2c(n1)OC(c1ccccc1)Nc1ccc(Br)cc1-2. The first kappa shape index (κ1) is 16.4. The molecule has 1 aliphatic heterocycles. The third-order valence-corrected chi connectivity index (χ3v) is 4.98. The van der Waals surface area contributed by atoms with E-state index in [1.165, 1.54) is 0 Å². The summed E-state index contributed by atoms with van der Waals surface area (Å²) in [6.07, 6.45) is -0.349. The topological polar surface area (TPSA) is 59.9 Å². The highest BCUT2D eigenvalue weighted by atomic mass is 79.9. The van der Waals surface area contributed by atoms with Gasteiger partial charge in [0.25, 0.3) is 0 Å². The highest BCUT2D eigenvalue weighted by Crippen LogP contribution is 2.40. The van der Waals surface area contributed by atoms with Gasteiger partial charge in [-0.15, -0.1) is 10.2 Å². The first-order valence-electron chi connectivity index (χ1n) is 7.90. The zero-order valence-electron chi connectivity index (χ0n) is 13.4. The molecule has 0 amide bonds. The Morgan fingerprint density at radius 2 is 2.00 bits per heavy atom. The molecule has 3 aromatic rings. The summed E-state index contributed by atoms with van der Waals surface area (Å²) < 4.78 is 7.16. The minimum absolute atomic E-state index is 0.349. The maximum atomic E-state index is 6.20. The van der Waals surface area contributed by atoms with Gasteiger partial charge in [-0.1, -0.05) is 64.9 Å². The molecule has 2 aromatic carbocycles. The van der Waals surface area contributed by atoms with E-state index >= 15 is 0 Å². The van der Waals surface area contributed by atoms with Crippen LogP contribution < -0.4 is 10.1 Å². The molecule has 0 aliphatic carbocycles. The van der Waals surface area contributed by atoms with Gasteiger partial charge in [-0.2, -0.15) is 4.98 Å². The van der Waals surface area contributed by atoms with Gasteiger partial charge >= 0.3 is 0 Å². The minimum atomic E-state index is -0.349. The van der Waals surface area contributed by atoms with Crippen LogP contribution in [0.15, 0.2) is 58.2 Å². The molecular formula is C18H15BrN4OS. The fraction of sp³-hybridized carbons (Fsp3) is 0.167. The number of benzene rings is 2. The van der Waals surface area contributed by atoms with Crippen LogP contribution >= 0.6 is 27.7 Å². The van der Waals surface area contributed by atoms with Crippen LogP contribution in [0.1, 0.15) is 18.7 Å². The van der Waals surface area contributed by atoms with Crippen LogP contribution in [0.5, 0.6) is 5.88 Å². The summed E-state index contributed by atoms with van der Waals surface area (Å²) in [6, 6.07) is 16.0. The van der Waals surface area contributed by atoms with Crippen molar-refractivity contribution in [3.63, 3.8) is 0 Å². The lowest BCUT2D eigenvalue weighted by Gasteiger charge is -2.19. The Morgan fingerprint density at radius 3 is 2.80 bits per heavy atom. The van der Waals surface area contributed by atoms with Crippen LogP contribution in [-0.4, -0.2) is 20.9 Å². The van der Waals surface area contributed by atoms with Gasteiger partial charge in [0.05, 0.1) is 0 Å². The maximum absolute atomic E-state index is 6.20. The number of ether oxygens (including phenoxy) is 1. The third-order valence-electron chi connectivity index (χ3n) is 3.76. The van der Waals surface area contributed by atoms with E-state index < -0.39 is 0 Å². The van der Waals surface area contributed by atoms with E-state index in [4.69, 9.17) is 4.74 Å². The molecule has 1 N–H and O–H groups in total. The van der Waals surface area contributed by atoms with Crippen molar-refractivity contribution in [3.05, 3.63) is 58.6 Å². The second-order valence-corrected chi connectivity index (χ2v) is 7.57. The molecule has 0 fully saturated rings. The fourth-order valence-electron chi connectivity index (χ4n) is 2.64. The Balaban J connectivity index is 1.86. The van der Waals surface area contributed by atoms with E-state index in [-0.39, 0.29) is 6.23 Å². The van der Waals surface area contributed by atoms with Crippen molar-refractivity contribution in [2.24, 2.45) is 0 Å². The summed E-state index contributed by atoms with van der Waals surface area (Å²) >= 11 is 5.07. The Morgan fingerprint density at radius 1 is 1.16 bits per heavy atom. The predicted molar refractivity (Wildman–Crippen MR) is 103 cm³/mol. The Hall–Kier alpha value is -2.12. The number of hydrogen-bond acceptors (Lipinski definition) is 6. The Bertz CT molecular complexity index is 907. The van der Waals surface area contributed by atoms with Gasteiger partial charge in [0.15, 0.2) is 11.9 Å². The molecule has 1 aromatic heterocycles. The number of hydrogen-bond donors (Lipinski definition) is 1. The number of nitrogens with zero attached hydrogens (tertiary/aromatic N) is 3. The number of nitrogens with one attached hydrogen (secondary N) is 1. The number of halogens is 1. The summed E-state index contributed by atoms with van der Waals surface area (Å²) in [5.41, 5.74) is 3.51. The lowest BCUT2D eigenvalue weighted by atomic mass is 10.1. The number of fused-ring (bicyclic) bond motifs is 3. The van der Waals surface area contributed by atoms with Crippen molar-refractivity contribution in [1.82, 2.24) is 15.2 Å². The van der Waals surface area contributed by atoms with E-state index in [0.29, 0.717) is 16.7 Å². The zero-order valence-corrected chi connectivity index (χ0v) is 15.8. The molecular weight excluding hydrogens is 400 g/mol. The fourth-order valence-corrected chi connectivity index (χ4v) is 3.50. The Kier molecular flexibility index (Phi) is 4.59. The molecule has 0 saturated heterocycles. The van der Waals surface area contributed by atoms with Gasteiger partial charge in [0.2, 0.25) is 11.0 Å². The quantitative estimate of drug-likeness (QED) is 0.613. The lowest BCUT2D eigenvalue weighted by Crippen LogP contribution is -2.17. The second-order valence-electron chi connectivity index (χ2n) is 5.42. The van der Waals surface area contributed by atoms with Gasteiger partial charge in [-0.25, -0.2) is 0 Å². The molecule has 7 heteroatoms. The normalized spacial score (nSPS) is 15.4. The van der Waals surface area contributed by atoms with Crippen LogP contribution in [0, 0.1) is 0 Å². The number of anilines is 1. The summed E-state index contributed by atoms with van der Waals surface area (Å²) in [4.78, 5) is 4.58. The van der Waals surface area contributed by atoms with Crippen LogP contribution in [0.25, 0.3) is 11.3 Å². The Labute approximate surface area is 158 Å². The highest BCUT2D eigenvalue weighted by molar-refractivity contribution is 9.10. The van der Waals surface area contributed by atoms with E-state index in [9.17, 15) is 0 Å². The van der Waals surface area contributed by atoms with E-state index in [1.54, 1.807) is 11.8 Å². The monoisotopic (exact) mass is 414 g/mol. The smallest absolute Gasteiger partial charge is 0.247 e. The average Bonchev–Trinajstić information content (AvgIpc) is 2.79. The summed E-state index contributed by atoms with van der Waals surface area (Å²) in [6.45, 7) is 2.06. The third kappa shape index (κ3) is 3.34. The van der Waals surface area contributed by atoms with Crippen molar-refractivity contribution in [1.29, 1.82) is 0 Å². The lowest BCUT2D eigenvalue weighted by molar-refractivity contribution is 0.225. The van der Waals surface area contributed by atoms with Gasteiger partial charge in [0, 0.05) is 21.3 Å². The van der Waals surface area contributed by atoms with Crippen LogP contribution in [-0.2, 0) is 0 Å². The van der Waals surface area contributed by atoms with Gasteiger partial charge in [-0.3, -0.25) is 0 Å². The maximum Gasteiger partial charge on any atom is 0.247 e. The number of rotatable bonds is 3. The number of aromatic nitrogens is 3. The zero-order chi connectivity index (χ0) is 17.2. The molecule has 1 atom stereocenters. The van der Waals surface area contributed by atoms with E-state index in [2.05, 4.69) is 43.4 Å². The van der Waals surface area contributed by atoms with Crippen molar-refractivity contribution in [2.45, 2.75) is 18.3 Å². The average molecular weight is 415 g/mol. The standard InChI is InChI=1S/C18H15BrN4OS/c1-2-25-18-21-17-15(22-23-18)13-10-12(19)8-9-14(13)20-16(24-17)11-6-4-3-5-7-11/h3-10,16,20H,2H2,1H3. The van der Waals surface area contributed by atoms with Crippen LogP contribution in [0.4, 0.5) is 5.69 Å². The van der Waals surface area contributed by atoms with Crippen molar-refractivity contribution >= 4 is 33.4 Å². The highest BCUT2D eigenvalue weighted by Gasteiger charge is 2.26. The van der Waals surface area contributed by atoms with Gasteiger partial charge in [-0.05, 0) is 24.0 Å². The summed E-state index contributed by atoms with van der Waals surface area (Å²) in [7, 11) is 0. The van der Waals surface area contributed by atoms with Crippen molar-refractivity contribution < 1.29 is 4.74 Å². The summed E-state index contributed by atoms with van der Waals surface area (Å²) in [5, 5.41) is 12.7. The molecule has 0 radical (unpaired) electrons. The molecule has 1 aliphatic rings. The summed E-state index contributed by atoms with van der Waals surface area (Å²) in [5.74, 6) is 1.37. The number of thioether (sulfide) groups is 1. The van der Waals surface area contributed by atoms with Gasteiger partial charge in [0.1, 0.15) is 0 Å². The predicted octanol–water partition coefficient (Wildman–Crippen LogP) is 4.92.